The van der Waals surface area contributed by atoms with Crippen LogP contribution < -0.4 is 32.3 Å². The topological polar surface area (TPSA) is 238 Å². The van der Waals surface area contributed by atoms with Gasteiger partial charge in [-0.2, -0.15) is 0 Å². The van der Waals surface area contributed by atoms with Crippen LogP contribution in [0.3, 0.4) is 0 Å². The first-order valence-corrected chi connectivity index (χ1v) is 18.7. The van der Waals surface area contributed by atoms with Crippen molar-refractivity contribution in [3.8, 4) is 0 Å². The highest BCUT2D eigenvalue weighted by atomic mass is 16.5. The third-order valence-corrected chi connectivity index (χ3v) is 9.50. The fraction of sp³-hybridized carbons (Fsp3) is 0.538. The van der Waals surface area contributed by atoms with E-state index in [1.807, 2.05) is 0 Å². The number of aliphatic hydroxyl groups excluding tert-OH is 2. The van der Waals surface area contributed by atoms with Crippen molar-refractivity contribution in [1.29, 1.82) is 0 Å². The lowest BCUT2D eigenvalue weighted by Gasteiger charge is -2.29. The van der Waals surface area contributed by atoms with Crippen molar-refractivity contribution in [1.82, 2.24) is 26.6 Å². The smallest absolute Gasteiger partial charge is 0.337 e. The molecule has 1 saturated carbocycles. The molecule has 0 unspecified atom stereocenters. The minimum Gasteiger partial charge on any atom is -0.465 e. The van der Waals surface area contributed by atoms with Gasteiger partial charge in [0.15, 0.2) is 6.17 Å². The van der Waals surface area contributed by atoms with E-state index in [4.69, 9.17) is 10.5 Å². The second-order valence-corrected chi connectivity index (χ2v) is 14.9. The van der Waals surface area contributed by atoms with Gasteiger partial charge in [0.1, 0.15) is 18.1 Å². The number of carbonyl (C=O) groups excluding carboxylic acids is 6. The number of nitrogens with zero attached hydrogens (tertiary/aromatic N) is 1. The molecule has 0 spiro atoms. The van der Waals surface area contributed by atoms with Gasteiger partial charge < -0.3 is 51.8 Å². The quantitative estimate of drug-likeness (QED) is 0.0358. The van der Waals surface area contributed by atoms with Gasteiger partial charge in [0.05, 0.1) is 59.6 Å². The van der Waals surface area contributed by atoms with Crippen molar-refractivity contribution in [2.45, 2.75) is 81.7 Å². The van der Waals surface area contributed by atoms with Gasteiger partial charge in [0, 0.05) is 12.0 Å². The zero-order valence-corrected chi connectivity index (χ0v) is 32.2. The lowest BCUT2D eigenvalue weighted by atomic mass is 9.96. The third-order valence-electron chi connectivity index (χ3n) is 9.50. The number of amides is 5. The van der Waals surface area contributed by atoms with Gasteiger partial charge in [-0.15, -0.1) is 0 Å². The maximum Gasteiger partial charge on any atom is 0.337 e. The summed E-state index contributed by atoms with van der Waals surface area (Å²) in [5.74, 6) is -4.19. The summed E-state index contributed by atoms with van der Waals surface area (Å²) in [7, 11) is 7.40. The Kier molecular flexibility index (Phi) is 17.7. The van der Waals surface area contributed by atoms with Crippen molar-refractivity contribution >= 4 is 35.5 Å². The number of methoxy groups -OCH3 is 1. The van der Waals surface area contributed by atoms with Gasteiger partial charge in [-0.3, -0.25) is 24.0 Å². The van der Waals surface area contributed by atoms with Crippen molar-refractivity contribution < 1.29 is 48.2 Å². The molecule has 3 rings (SSSR count). The highest BCUT2D eigenvalue weighted by molar-refractivity contribution is 6.00. The Morgan fingerprint density at radius 1 is 0.745 bits per heavy atom. The number of carbonyl (C=O) groups is 6. The highest BCUT2D eigenvalue weighted by Gasteiger charge is 2.36. The molecule has 5 amide bonds. The first kappa shape index (κ1) is 44.5. The first-order chi connectivity index (χ1) is 26.1. The van der Waals surface area contributed by atoms with Crippen LogP contribution in [0.1, 0.15) is 71.2 Å². The molecule has 0 heterocycles. The minimum absolute atomic E-state index is 0.0613. The highest BCUT2D eigenvalue weighted by Crippen LogP contribution is 2.28. The molecule has 55 heavy (non-hydrogen) atoms. The first-order valence-electron chi connectivity index (χ1n) is 18.7. The Morgan fingerprint density at radius 2 is 1.35 bits per heavy atom. The van der Waals surface area contributed by atoms with E-state index in [0.29, 0.717) is 19.3 Å². The third kappa shape index (κ3) is 14.7. The van der Waals surface area contributed by atoms with Crippen molar-refractivity contribution in [2.75, 3.05) is 48.0 Å². The van der Waals surface area contributed by atoms with Crippen LogP contribution in [0.4, 0.5) is 0 Å². The molecule has 9 N–H and O–H groups in total. The summed E-state index contributed by atoms with van der Waals surface area (Å²) >= 11 is 0. The van der Waals surface area contributed by atoms with Crippen LogP contribution in [0.2, 0.25) is 0 Å². The molecule has 0 aliphatic heterocycles. The second-order valence-electron chi connectivity index (χ2n) is 14.9. The number of nitrogens with two attached hydrogens (primary N) is 1. The van der Waals surface area contributed by atoms with Gasteiger partial charge in [-0.25, -0.2) is 4.79 Å². The molecule has 1 fully saturated rings. The number of nitrogens with one attached hydrogen (secondary N) is 5. The molecule has 1 aliphatic carbocycles. The molecule has 0 bridgehead atoms. The van der Waals surface area contributed by atoms with Crippen LogP contribution in [0, 0.1) is 5.92 Å². The Hall–Kier alpha value is -4.90. The largest absolute Gasteiger partial charge is 0.465 e. The van der Waals surface area contributed by atoms with Crippen LogP contribution in [0.5, 0.6) is 0 Å². The van der Waals surface area contributed by atoms with E-state index in [0.717, 1.165) is 35.9 Å². The number of benzene rings is 2. The van der Waals surface area contributed by atoms with E-state index in [9.17, 15) is 39.0 Å². The van der Waals surface area contributed by atoms with Gasteiger partial charge in [-0.1, -0.05) is 43.2 Å². The summed E-state index contributed by atoms with van der Waals surface area (Å²) in [6, 6.07) is 10.5. The van der Waals surface area contributed by atoms with E-state index in [-0.39, 0.29) is 29.9 Å². The van der Waals surface area contributed by atoms with Gasteiger partial charge in [0.2, 0.25) is 17.7 Å². The Morgan fingerprint density at radius 3 is 1.93 bits per heavy atom. The average Bonchev–Trinajstić information content (AvgIpc) is 3.71. The lowest BCUT2D eigenvalue weighted by Crippen LogP contribution is -2.62. The molecule has 0 aromatic heterocycles. The Bertz CT molecular complexity index is 1570. The van der Waals surface area contributed by atoms with Gasteiger partial charge in [-0.05, 0) is 67.9 Å². The summed E-state index contributed by atoms with van der Waals surface area (Å²) in [6.07, 6.45) is 3.07. The Labute approximate surface area is 322 Å². The monoisotopic (exact) mass is 768 g/mol. The fourth-order valence-corrected chi connectivity index (χ4v) is 6.34. The van der Waals surface area contributed by atoms with Gasteiger partial charge in [0.25, 0.3) is 11.8 Å². The zero-order chi connectivity index (χ0) is 40.5. The van der Waals surface area contributed by atoms with Crippen molar-refractivity contribution in [3.05, 3.63) is 71.3 Å². The maximum absolute atomic E-state index is 13.9. The molecule has 4 atom stereocenters. The average molecular weight is 769 g/mol. The molecule has 302 valence electrons. The summed E-state index contributed by atoms with van der Waals surface area (Å²) in [5, 5.41) is 32.3. The van der Waals surface area contributed by atoms with Crippen LogP contribution in [-0.4, -0.2) is 129 Å². The predicted octanol–water partition coefficient (Wildman–Crippen LogP) is -0.279. The van der Waals surface area contributed by atoms with E-state index >= 15 is 0 Å². The number of rotatable bonds is 21. The van der Waals surface area contributed by atoms with Crippen LogP contribution in [0.15, 0.2) is 54.6 Å². The van der Waals surface area contributed by atoms with Gasteiger partial charge >= 0.3 is 5.97 Å². The normalized spacial score (nSPS) is 15.3. The standard InChI is InChI=1S/C39H57N7O9/c1-46(2,3)21-11-10-16-30(35(50)41-29(23-47)24-48)42-37(52)32(26-14-8-9-15-26)44-38(53)33(40)45-36(51)31(22-25-12-6-5-7-13-25)43-34(49)27-17-19-28(20-18-27)39(54)55-4/h5-7,12-13,17-20,26,29-33,47-48H,8-11,14-16,21-24,40H2,1-4H3,(H4-,41,42,43,44,45,49,50,51,52,53)/p+1/t30-,31-,32-,33+/m0/s1. The molecule has 1 aliphatic rings. The van der Waals surface area contributed by atoms with Crippen LogP contribution in [0.25, 0.3) is 0 Å². The number of hydrogen-bond acceptors (Lipinski definition) is 10. The number of aliphatic hydroxyl groups is 2. The second kappa shape index (κ2) is 21.9. The summed E-state index contributed by atoms with van der Waals surface area (Å²) in [6.45, 7) is -0.147. The number of unbranched alkanes of at least 4 members (excludes halogenated alkanes) is 1. The van der Waals surface area contributed by atoms with Crippen molar-refractivity contribution in [2.24, 2.45) is 11.7 Å². The molecule has 16 heteroatoms. The summed E-state index contributed by atoms with van der Waals surface area (Å²) < 4.78 is 5.42. The molecule has 2 aromatic rings. The van der Waals surface area contributed by atoms with E-state index in [2.05, 4.69) is 47.7 Å². The molecule has 0 radical (unpaired) electrons. The number of esters is 1. The molecular weight excluding hydrogens is 710 g/mol. The SMILES string of the molecule is COC(=O)c1ccc(C(=O)N[C@@H](Cc2ccccc2)C(=O)N[C@@H](N)C(=O)N[C@H](C(=O)N[C@@H](CCCC[N+](C)(C)C)C(=O)NC(CO)CO)C2CCCC2)cc1. The van der Waals surface area contributed by atoms with E-state index in [1.54, 1.807) is 30.3 Å². The van der Waals surface area contributed by atoms with E-state index < -0.39 is 79.1 Å². The number of quaternary nitrogens is 1. The van der Waals surface area contributed by atoms with Crippen LogP contribution >= 0.6 is 0 Å². The zero-order valence-electron chi connectivity index (χ0n) is 32.2. The van der Waals surface area contributed by atoms with E-state index in [1.165, 1.54) is 31.4 Å². The summed E-state index contributed by atoms with van der Waals surface area (Å²) in [5.41, 5.74) is 7.34. The fourth-order valence-electron chi connectivity index (χ4n) is 6.34. The minimum atomic E-state index is -1.61. The Balaban J connectivity index is 1.75. The summed E-state index contributed by atoms with van der Waals surface area (Å²) in [4.78, 5) is 79.4. The molecule has 0 saturated heterocycles. The maximum atomic E-state index is 13.9. The molecular formula is C39H58N7O9+. The molecule has 2 aromatic carbocycles. The number of ether oxygens (including phenoxy) is 1. The lowest BCUT2D eigenvalue weighted by molar-refractivity contribution is -0.870. The predicted molar refractivity (Wildman–Crippen MR) is 204 cm³/mol. The molecule has 16 nitrogen and oxygen atoms in total. The van der Waals surface area contributed by atoms with Crippen molar-refractivity contribution in [3.63, 3.8) is 0 Å². The van der Waals surface area contributed by atoms with Crippen LogP contribution in [-0.2, 0) is 30.3 Å². The number of hydrogen-bond donors (Lipinski definition) is 8.